The number of nitrogens with zero attached hydrogens (tertiary/aromatic N) is 1. The van der Waals surface area contributed by atoms with Crippen molar-refractivity contribution in [2.45, 2.75) is 13.3 Å². The first kappa shape index (κ1) is 7.51. The van der Waals surface area contributed by atoms with Gasteiger partial charge in [0.05, 0.1) is 0 Å². The largest absolute Gasteiger partial charge is 0.340 e. The standard InChI is InChI=1S/C7H12FNO/c1-6-4-7(10)9(5-6)3-2-8/h6H,2-5H2,1H3. The maximum atomic E-state index is 11.8. The average Bonchev–Trinajstić information content (AvgIpc) is 2.13. The van der Waals surface area contributed by atoms with Crippen molar-refractivity contribution in [3.63, 3.8) is 0 Å². The van der Waals surface area contributed by atoms with E-state index in [0.29, 0.717) is 12.3 Å². The van der Waals surface area contributed by atoms with E-state index in [-0.39, 0.29) is 12.5 Å². The summed E-state index contributed by atoms with van der Waals surface area (Å²) in [6.07, 6.45) is 0.597. The van der Waals surface area contributed by atoms with Crippen molar-refractivity contribution in [1.29, 1.82) is 0 Å². The quantitative estimate of drug-likeness (QED) is 0.563. The number of hydrogen-bond acceptors (Lipinski definition) is 1. The zero-order valence-corrected chi connectivity index (χ0v) is 6.14. The van der Waals surface area contributed by atoms with Gasteiger partial charge in [-0.2, -0.15) is 0 Å². The lowest BCUT2D eigenvalue weighted by Crippen LogP contribution is -2.27. The Morgan fingerprint density at radius 1 is 1.80 bits per heavy atom. The lowest BCUT2D eigenvalue weighted by molar-refractivity contribution is -0.127. The summed E-state index contributed by atoms with van der Waals surface area (Å²) in [4.78, 5) is 12.5. The molecule has 0 saturated carbocycles. The van der Waals surface area contributed by atoms with E-state index >= 15 is 0 Å². The van der Waals surface area contributed by atoms with Crippen molar-refractivity contribution in [2.75, 3.05) is 19.8 Å². The molecule has 0 aromatic heterocycles. The molecular formula is C7H12FNO. The van der Waals surface area contributed by atoms with E-state index in [1.807, 2.05) is 6.92 Å². The van der Waals surface area contributed by atoms with Gasteiger partial charge in [0.1, 0.15) is 6.67 Å². The number of carbonyl (C=O) groups excluding carboxylic acids is 1. The van der Waals surface area contributed by atoms with Crippen LogP contribution in [0.2, 0.25) is 0 Å². The highest BCUT2D eigenvalue weighted by Crippen LogP contribution is 2.15. The summed E-state index contributed by atoms with van der Waals surface area (Å²) >= 11 is 0. The third kappa shape index (κ3) is 1.46. The molecule has 0 N–H and O–H groups in total. The van der Waals surface area contributed by atoms with Crippen LogP contribution >= 0.6 is 0 Å². The van der Waals surface area contributed by atoms with E-state index in [1.165, 1.54) is 0 Å². The summed E-state index contributed by atoms with van der Waals surface area (Å²) in [5.41, 5.74) is 0. The van der Waals surface area contributed by atoms with Crippen LogP contribution in [0.25, 0.3) is 0 Å². The minimum absolute atomic E-state index is 0.102. The number of amides is 1. The molecule has 0 spiro atoms. The van der Waals surface area contributed by atoms with Crippen molar-refractivity contribution < 1.29 is 9.18 Å². The summed E-state index contributed by atoms with van der Waals surface area (Å²) in [5, 5.41) is 0. The molecule has 2 nitrogen and oxygen atoms in total. The highest BCUT2D eigenvalue weighted by Gasteiger charge is 2.25. The van der Waals surface area contributed by atoms with Gasteiger partial charge >= 0.3 is 0 Å². The van der Waals surface area contributed by atoms with Crippen LogP contribution in [-0.2, 0) is 4.79 Å². The maximum absolute atomic E-state index is 11.8. The monoisotopic (exact) mass is 145 g/mol. The number of hydrogen-bond donors (Lipinski definition) is 0. The van der Waals surface area contributed by atoms with Gasteiger partial charge in [0.15, 0.2) is 0 Å². The molecule has 0 radical (unpaired) electrons. The molecule has 1 rings (SSSR count). The second-order valence-corrected chi connectivity index (χ2v) is 2.84. The van der Waals surface area contributed by atoms with Crippen LogP contribution in [0.1, 0.15) is 13.3 Å². The van der Waals surface area contributed by atoms with Crippen LogP contribution in [0.4, 0.5) is 4.39 Å². The molecule has 10 heavy (non-hydrogen) atoms. The number of likely N-dealkylation sites (tertiary alicyclic amines) is 1. The van der Waals surface area contributed by atoms with Gasteiger partial charge in [-0.05, 0) is 5.92 Å². The Morgan fingerprint density at radius 3 is 2.90 bits per heavy atom. The third-order valence-corrected chi connectivity index (χ3v) is 1.76. The Balaban J connectivity index is 2.39. The van der Waals surface area contributed by atoms with Crippen molar-refractivity contribution in [3.8, 4) is 0 Å². The number of halogens is 1. The molecular weight excluding hydrogens is 133 g/mol. The fraction of sp³-hybridized carbons (Fsp3) is 0.857. The van der Waals surface area contributed by atoms with Gasteiger partial charge in [-0.15, -0.1) is 0 Å². The van der Waals surface area contributed by atoms with Crippen LogP contribution in [0.5, 0.6) is 0 Å². The molecule has 0 bridgehead atoms. The second kappa shape index (κ2) is 2.99. The molecule has 1 saturated heterocycles. The minimum Gasteiger partial charge on any atom is -0.340 e. The van der Waals surface area contributed by atoms with Gasteiger partial charge in [0.25, 0.3) is 0 Å². The van der Waals surface area contributed by atoms with Crippen LogP contribution in [0, 0.1) is 5.92 Å². The molecule has 1 aliphatic heterocycles. The number of rotatable bonds is 2. The summed E-state index contributed by atoms with van der Waals surface area (Å²) in [5.74, 6) is 0.518. The first-order chi connectivity index (χ1) is 4.74. The summed E-state index contributed by atoms with van der Waals surface area (Å²) in [6.45, 7) is 2.61. The number of alkyl halides is 1. The first-order valence-electron chi connectivity index (χ1n) is 3.57. The van der Waals surface area contributed by atoms with E-state index in [9.17, 15) is 9.18 Å². The molecule has 0 aliphatic carbocycles. The molecule has 1 unspecified atom stereocenters. The summed E-state index contributed by atoms with van der Waals surface area (Å²) in [6, 6.07) is 0. The van der Waals surface area contributed by atoms with E-state index in [1.54, 1.807) is 4.90 Å². The lowest BCUT2D eigenvalue weighted by Gasteiger charge is -2.12. The van der Waals surface area contributed by atoms with Gasteiger partial charge in [-0.1, -0.05) is 6.92 Å². The molecule has 1 atom stereocenters. The zero-order chi connectivity index (χ0) is 7.56. The highest BCUT2D eigenvalue weighted by atomic mass is 19.1. The van der Waals surface area contributed by atoms with Crippen LogP contribution in [0.3, 0.4) is 0 Å². The molecule has 0 aromatic carbocycles. The van der Waals surface area contributed by atoms with Crippen LogP contribution in [-0.4, -0.2) is 30.6 Å². The topological polar surface area (TPSA) is 20.3 Å². The van der Waals surface area contributed by atoms with E-state index in [0.717, 1.165) is 6.54 Å². The molecule has 1 heterocycles. The van der Waals surface area contributed by atoms with E-state index < -0.39 is 6.67 Å². The second-order valence-electron chi connectivity index (χ2n) is 2.84. The Bertz CT molecular complexity index is 138. The molecule has 3 heteroatoms. The molecule has 1 fully saturated rings. The predicted octanol–water partition coefficient (Wildman–Crippen LogP) is 0.824. The lowest BCUT2D eigenvalue weighted by atomic mass is 10.2. The Morgan fingerprint density at radius 2 is 2.50 bits per heavy atom. The van der Waals surface area contributed by atoms with E-state index in [4.69, 9.17) is 0 Å². The molecule has 1 aliphatic rings. The molecule has 0 aromatic rings. The fourth-order valence-electron chi connectivity index (χ4n) is 1.29. The SMILES string of the molecule is CC1CC(=O)N(CCF)C1. The zero-order valence-electron chi connectivity index (χ0n) is 6.14. The van der Waals surface area contributed by atoms with Crippen molar-refractivity contribution in [1.82, 2.24) is 4.90 Å². The van der Waals surface area contributed by atoms with Gasteiger partial charge in [0, 0.05) is 19.5 Å². The fourth-order valence-corrected chi connectivity index (χ4v) is 1.29. The average molecular weight is 145 g/mol. The van der Waals surface area contributed by atoms with Crippen molar-refractivity contribution >= 4 is 5.91 Å². The first-order valence-corrected chi connectivity index (χ1v) is 3.57. The predicted molar refractivity (Wildman–Crippen MR) is 36.3 cm³/mol. The normalized spacial score (nSPS) is 26.0. The summed E-state index contributed by atoms with van der Waals surface area (Å²) < 4.78 is 11.8. The van der Waals surface area contributed by atoms with Gasteiger partial charge in [-0.3, -0.25) is 4.79 Å². The maximum Gasteiger partial charge on any atom is 0.222 e. The van der Waals surface area contributed by atoms with Crippen molar-refractivity contribution in [2.24, 2.45) is 5.92 Å². The molecule has 58 valence electrons. The van der Waals surface area contributed by atoms with Crippen LogP contribution < -0.4 is 0 Å². The smallest absolute Gasteiger partial charge is 0.222 e. The van der Waals surface area contributed by atoms with Gasteiger partial charge < -0.3 is 4.90 Å². The minimum atomic E-state index is -0.418. The van der Waals surface area contributed by atoms with Gasteiger partial charge in [0.2, 0.25) is 5.91 Å². The van der Waals surface area contributed by atoms with Crippen molar-refractivity contribution in [3.05, 3.63) is 0 Å². The third-order valence-electron chi connectivity index (χ3n) is 1.76. The summed E-state index contributed by atoms with van der Waals surface area (Å²) in [7, 11) is 0. The number of carbonyl (C=O) groups is 1. The Hall–Kier alpha value is -0.600. The van der Waals surface area contributed by atoms with E-state index in [2.05, 4.69) is 0 Å². The molecule has 1 amide bonds. The Kier molecular flexibility index (Phi) is 2.25. The Labute approximate surface area is 60.0 Å². The van der Waals surface area contributed by atoms with Gasteiger partial charge in [-0.25, -0.2) is 4.39 Å². The van der Waals surface area contributed by atoms with Crippen LogP contribution in [0.15, 0.2) is 0 Å². The highest BCUT2D eigenvalue weighted by molar-refractivity contribution is 5.78.